The second-order valence-electron chi connectivity index (χ2n) is 4.78. The molecule has 4 heteroatoms. The van der Waals surface area contributed by atoms with Gasteiger partial charge in [-0.2, -0.15) is 0 Å². The third kappa shape index (κ3) is 3.07. The van der Waals surface area contributed by atoms with Gasteiger partial charge in [0.25, 0.3) is 0 Å². The Morgan fingerprint density at radius 1 is 1.10 bits per heavy atom. The summed E-state index contributed by atoms with van der Waals surface area (Å²) >= 11 is 0. The van der Waals surface area contributed by atoms with Crippen LogP contribution in [-0.2, 0) is 0 Å². The van der Waals surface area contributed by atoms with E-state index < -0.39 is 11.6 Å². The SMILES string of the molecule is CCC(Nc1cc(F)c(C)cc1F)c1ccc(O)cc1. The molecule has 2 aromatic rings. The van der Waals surface area contributed by atoms with Gasteiger partial charge in [0.15, 0.2) is 0 Å². The van der Waals surface area contributed by atoms with Crippen molar-refractivity contribution < 1.29 is 13.9 Å². The summed E-state index contributed by atoms with van der Waals surface area (Å²) in [5.41, 5.74) is 1.34. The number of hydrogen-bond donors (Lipinski definition) is 2. The Morgan fingerprint density at radius 2 is 1.75 bits per heavy atom. The highest BCUT2D eigenvalue weighted by atomic mass is 19.1. The Labute approximate surface area is 117 Å². The van der Waals surface area contributed by atoms with Crippen molar-refractivity contribution in [3.63, 3.8) is 0 Å². The number of hydrogen-bond acceptors (Lipinski definition) is 2. The first kappa shape index (κ1) is 14.3. The van der Waals surface area contributed by atoms with Crippen molar-refractivity contribution in [2.24, 2.45) is 0 Å². The van der Waals surface area contributed by atoms with Crippen molar-refractivity contribution >= 4 is 5.69 Å². The van der Waals surface area contributed by atoms with Crippen LogP contribution in [0.3, 0.4) is 0 Å². The largest absolute Gasteiger partial charge is 0.508 e. The first-order valence-corrected chi connectivity index (χ1v) is 6.52. The van der Waals surface area contributed by atoms with Crippen LogP contribution in [0.5, 0.6) is 5.75 Å². The molecule has 106 valence electrons. The normalized spacial score (nSPS) is 12.2. The lowest BCUT2D eigenvalue weighted by Gasteiger charge is -2.19. The number of nitrogens with one attached hydrogen (secondary N) is 1. The van der Waals surface area contributed by atoms with Crippen LogP contribution < -0.4 is 5.32 Å². The smallest absolute Gasteiger partial charge is 0.146 e. The summed E-state index contributed by atoms with van der Waals surface area (Å²) in [6.07, 6.45) is 0.708. The Bertz CT molecular complexity index is 596. The number of aryl methyl sites for hydroxylation is 1. The number of rotatable bonds is 4. The molecular formula is C16H17F2NO. The Kier molecular flexibility index (Phi) is 4.23. The number of aromatic hydroxyl groups is 1. The summed E-state index contributed by atoms with van der Waals surface area (Å²) in [5, 5.41) is 12.3. The zero-order valence-corrected chi connectivity index (χ0v) is 11.5. The highest BCUT2D eigenvalue weighted by Gasteiger charge is 2.13. The molecule has 0 aromatic heterocycles. The molecule has 0 amide bonds. The average Bonchev–Trinajstić information content (AvgIpc) is 2.42. The lowest BCUT2D eigenvalue weighted by molar-refractivity contribution is 0.475. The summed E-state index contributed by atoms with van der Waals surface area (Å²) in [7, 11) is 0. The van der Waals surface area contributed by atoms with Crippen LogP contribution in [0.1, 0.15) is 30.5 Å². The van der Waals surface area contributed by atoms with Gasteiger partial charge in [-0.05, 0) is 42.7 Å². The van der Waals surface area contributed by atoms with Crippen molar-refractivity contribution in [1.29, 1.82) is 0 Å². The second-order valence-corrected chi connectivity index (χ2v) is 4.78. The van der Waals surface area contributed by atoms with E-state index in [1.807, 2.05) is 6.92 Å². The van der Waals surface area contributed by atoms with Gasteiger partial charge in [-0.15, -0.1) is 0 Å². The third-order valence-electron chi connectivity index (χ3n) is 3.28. The van der Waals surface area contributed by atoms with Gasteiger partial charge in [-0.1, -0.05) is 19.1 Å². The predicted molar refractivity (Wildman–Crippen MR) is 75.9 cm³/mol. The van der Waals surface area contributed by atoms with E-state index >= 15 is 0 Å². The second kappa shape index (κ2) is 5.90. The van der Waals surface area contributed by atoms with Crippen LogP contribution in [0.15, 0.2) is 36.4 Å². The molecule has 2 nitrogen and oxygen atoms in total. The molecule has 0 saturated heterocycles. The minimum absolute atomic E-state index is 0.146. The highest BCUT2D eigenvalue weighted by Crippen LogP contribution is 2.27. The lowest BCUT2D eigenvalue weighted by atomic mass is 10.0. The Balaban J connectivity index is 2.26. The first-order valence-electron chi connectivity index (χ1n) is 6.52. The molecule has 0 heterocycles. The van der Waals surface area contributed by atoms with Crippen LogP contribution in [0, 0.1) is 18.6 Å². The maximum Gasteiger partial charge on any atom is 0.146 e. The molecule has 0 aliphatic carbocycles. The predicted octanol–water partition coefficient (Wildman–Crippen LogP) is 4.54. The number of halogens is 2. The maximum absolute atomic E-state index is 13.8. The number of anilines is 1. The molecule has 0 radical (unpaired) electrons. The lowest BCUT2D eigenvalue weighted by Crippen LogP contribution is -2.11. The highest BCUT2D eigenvalue weighted by molar-refractivity contribution is 5.49. The summed E-state index contributed by atoms with van der Waals surface area (Å²) < 4.78 is 27.4. The molecule has 0 saturated carbocycles. The van der Waals surface area contributed by atoms with E-state index in [1.165, 1.54) is 19.1 Å². The topological polar surface area (TPSA) is 32.3 Å². The molecule has 1 atom stereocenters. The molecule has 20 heavy (non-hydrogen) atoms. The molecule has 0 aliphatic heterocycles. The Morgan fingerprint density at radius 3 is 2.35 bits per heavy atom. The maximum atomic E-state index is 13.8. The van der Waals surface area contributed by atoms with Crippen molar-refractivity contribution in [2.45, 2.75) is 26.3 Å². The molecule has 2 aromatic carbocycles. The molecule has 0 fully saturated rings. The van der Waals surface area contributed by atoms with E-state index in [2.05, 4.69) is 5.32 Å². The van der Waals surface area contributed by atoms with Crippen LogP contribution in [0.2, 0.25) is 0 Å². The van der Waals surface area contributed by atoms with Gasteiger partial charge in [0.1, 0.15) is 17.4 Å². The summed E-state index contributed by atoms with van der Waals surface area (Å²) in [5.74, 6) is -0.730. The fraction of sp³-hybridized carbons (Fsp3) is 0.250. The average molecular weight is 277 g/mol. The van der Waals surface area contributed by atoms with Gasteiger partial charge < -0.3 is 10.4 Å². The fourth-order valence-corrected chi connectivity index (χ4v) is 2.07. The summed E-state index contributed by atoms with van der Waals surface area (Å²) in [4.78, 5) is 0. The van der Waals surface area contributed by atoms with Gasteiger partial charge in [0.05, 0.1) is 11.7 Å². The van der Waals surface area contributed by atoms with Gasteiger partial charge >= 0.3 is 0 Å². The summed E-state index contributed by atoms with van der Waals surface area (Å²) in [6, 6.07) is 8.89. The fourth-order valence-electron chi connectivity index (χ4n) is 2.07. The zero-order valence-electron chi connectivity index (χ0n) is 11.5. The van der Waals surface area contributed by atoms with Crippen molar-refractivity contribution in [3.8, 4) is 5.75 Å². The Hall–Kier alpha value is -2.10. The van der Waals surface area contributed by atoms with E-state index in [0.717, 1.165) is 5.56 Å². The molecule has 0 bridgehead atoms. The minimum Gasteiger partial charge on any atom is -0.508 e. The van der Waals surface area contributed by atoms with E-state index in [1.54, 1.807) is 24.3 Å². The number of benzene rings is 2. The molecule has 0 spiro atoms. The van der Waals surface area contributed by atoms with Gasteiger partial charge in [-0.25, -0.2) is 8.78 Å². The first-order chi connectivity index (χ1) is 9.51. The van der Waals surface area contributed by atoms with Crippen molar-refractivity contribution in [3.05, 3.63) is 59.2 Å². The van der Waals surface area contributed by atoms with Crippen molar-refractivity contribution in [2.75, 3.05) is 5.32 Å². The molecular weight excluding hydrogens is 260 g/mol. The number of phenols is 1. The standard InChI is InChI=1S/C16H17F2NO/c1-3-15(11-4-6-12(20)7-5-11)19-16-9-13(17)10(2)8-14(16)18/h4-9,15,19-20H,3H2,1-2H3. The van der Waals surface area contributed by atoms with Gasteiger partial charge in [0, 0.05) is 6.07 Å². The molecule has 2 rings (SSSR count). The van der Waals surface area contributed by atoms with Crippen LogP contribution in [-0.4, -0.2) is 5.11 Å². The van der Waals surface area contributed by atoms with Gasteiger partial charge in [0.2, 0.25) is 0 Å². The molecule has 1 unspecified atom stereocenters. The van der Waals surface area contributed by atoms with Gasteiger partial charge in [-0.3, -0.25) is 0 Å². The van der Waals surface area contributed by atoms with E-state index in [0.29, 0.717) is 6.42 Å². The van der Waals surface area contributed by atoms with E-state index in [4.69, 9.17) is 0 Å². The molecule has 2 N–H and O–H groups in total. The zero-order chi connectivity index (χ0) is 14.7. The number of phenolic OH excluding ortho intramolecular Hbond substituents is 1. The quantitative estimate of drug-likeness (QED) is 0.859. The van der Waals surface area contributed by atoms with E-state index in [9.17, 15) is 13.9 Å². The van der Waals surface area contributed by atoms with Crippen LogP contribution in [0.25, 0.3) is 0 Å². The minimum atomic E-state index is -0.471. The summed E-state index contributed by atoms with van der Waals surface area (Å²) in [6.45, 7) is 3.48. The van der Waals surface area contributed by atoms with Crippen LogP contribution >= 0.6 is 0 Å². The molecule has 0 aliphatic rings. The third-order valence-corrected chi connectivity index (χ3v) is 3.28. The van der Waals surface area contributed by atoms with Crippen LogP contribution in [0.4, 0.5) is 14.5 Å². The van der Waals surface area contributed by atoms with Crippen molar-refractivity contribution in [1.82, 2.24) is 0 Å². The monoisotopic (exact) mass is 277 g/mol. The van der Waals surface area contributed by atoms with E-state index in [-0.39, 0.29) is 23.0 Å².